The van der Waals surface area contributed by atoms with Crippen LogP contribution in [-0.4, -0.2) is 52.4 Å². The standard InChI is InChI=1S/C23H27N3O5S/c1-12(11-30-5)26-21(28)16-9-7-8-10-17(16)25-23(26)32-15(4)20(27)19-13(2)18(14(3)24-19)22(29)31-6/h7-10,12,15,24H,11H2,1-6H3. The van der Waals surface area contributed by atoms with Crippen LogP contribution in [0.3, 0.4) is 0 Å². The zero-order valence-electron chi connectivity index (χ0n) is 19.0. The Morgan fingerprint density at radius 3 is 2.53 bits per heavy atom. The first kappa shape index (κ1) is 23.7. The maximum atomic E-state index is 13.3. The van der Waals surface area contributed by atoms with E-state index in [0.717, 1.165) is 0 Å². The minimum absolute atomic E-state index is 0.179. The van der Waals surface area contributed by atoms with Crippen LogP contribution in [0.15, 0.2) is 34.2 Å². The number of H-pyrrole nitrogens is 1. The molecule has 170 valence electrons. The number of aromatic nitrogens is 3. The summed E-state index contributed by atoms with van der Waals surface area (Å²) in [6.07, 6.45) is 0. The molecule has 0 saturated heterocycles. The van der Waals surface area contributed by atoms with Gasteiger partial charge >= 0.3 is 5.97 Å². The molecule has 1 aromatic carbocycles. The van der Waals surface area contributed by atoms with E-state index < -0.39 is 11.2 Å². The van der Waals surface area contributed by atoms with Crippen molar-refractivity contribution < 1.29 is 19.1 Å². The third kappa shape index (κ3) is 4.35. The highest BCUT2D eigenvalue weighted by atomic mass is 32.2. The first-order valence-electron chi connectivity index (χ1n) is 10.2. The molecule has 3 aromatic rings. The molecule has 2 heterocycles. The number of carbonyl (C=O) groups excluding carboxylic acids is 2. The number of nitrogens with one attached hydrogen (secondary N) is 1. The van der Waals surface area contributed by atoms with Gasteiger partial charge in [-0.15, -0.1) is 0 Å². The minimum atomic E-state index is -0.564. The Bertz CT molecular complexity index is 1230. The van der Waals surface area contributed by atoms with Crippen molar-refractivity contribution in [2.75, 3.05) is 20.8 Å². The number of ketones is 1. The Balaban J connectivity index is 2.02. The lowest BCUT2D eigenvalue weighted by Crippen LogP contribution is -2.29. The number of hydrogen-bond donors (Lipinski definition) is 1. The fraction of sp³-hybridized carbons (Fsp3) is 0.391. The van der Waals surface area contributed by atoms with Gasteiger partial charge in [0.2, 0.25) is 0 Å². The Kier molecular flexibility index (Phi) is 7.20. The number of hydrogen-bond acceptors (Lipinski definition) is 7. The summed E-state index contributed by atoms with van der Waals surface area (Å²) >= 11 is 1.20. The van der Waals surface area contributed by atoms with Crippen molar-refractivity contribution in [3.63, 3.8) is 0 Å². The largest absolute Gasteiger partial charge is 0.465 e. The van der Waals surface area contributed by atoms with Crippen molar-refractivity contribution in [1.82, 2.24) is 14.5 Å². The maximum absolute atomic E-state index is 13.3. The molecule has 2 atom stereocenters. The van der Waals surface area contributed by atoms with Crippen molar-refractivity contribution in [2.45, 2.75) is 44.1 Å². The zero-order chi connectivity index (χ0) is 23.6. The SMILES string of the molecule is COCC(C)n1c(SC(C)C(=O)c2[nH]c(C)c(C(=O)OC)c2C)nc2ccccc2c1=O. The summed E-state index contributed by atoms with van der Waals surface area (Å²) in [7, 11) is 2.88. The molecule has 0 spiro atoms. The summed E-state index contributed by atoms with van der Waals surface area (Å²) < 4.78 is 11.7. The molecule has 0 bridgehead atoms. The van der Waals surface area contributed by atoms with E-state index in [1.807, 2.05) is 13.0 Å². The lowest BCUT2D eigenvalue weighted by molar-refractivity contribution is 0.0599. The Hall–Kier alpha value is -2.91. The van der Waals surface area contributed by atoms with Crippen LogP contribution in [0.4, 0.5) is 0 Å². The van der Waals surface area contributed by atoms with E-state index in [4.69, 9.17) is 9.47 Å². The topological polar surface area (TPSA) is 103 Å². The van der Waals surface area contributed by atoms with Gasteiger partial charge < -0.3 is 14.5 Å². The van der Waals surface area contributed by atoms with E-state index in [1.54, 1.807) is 50.6 Å². The van der Waals surface area contributed by atoms with E-state index in [-0.39, 0.29) is 17.4 Å². The van der Waals surface area contributed by atoms with Gasteiger partial charge in [-0.1, -0.05) is 23.9 Å². The molecule has 32 heavy (non-hydrogen) atoms. The average Bonchev–Trinajstić information content (AvgIpc) is 3.06. The molecule has 3 rings (SSSR count). The van der Waals surface area contributed by atoms with E-state index in [2.05, 4.69) is 9.97 Å². The second-order valence-electron chi connectivity index (χ2n) is 7.63. The molecular weight excluding hydrogens is 430 g/mol. The van der Waals surface area contributed by atoms with Crippen molar-refractivity contribution in [3.05, 3.63) is 57.1 Å². The monoisotopic (exact) mass is 457 g/mol. The smallest absolute Gasteiger partial charge is 0.339 e. The van der Waals surface area contributed by atoms with Gasteiger partial charge in [0.05, 0.1) is 47.2 Å². The maximum Gasteiger partial charge on any atom is 0.339 e. The summed E-state index contributed by atoms with van der Waals surface area (Å²) in [5.41, 5.74) is 2.22. The van der Waals surface area contributed by atoms with Gasteiger partial charge in [0.1, 0.15) is 0 Å². The summed E-state index contributed by atoms with van der Waals surface area (Å²) in [6.45, 7) is 7.40. The fourth-order valence-corrected chi connectivity index (χ4v) is 4.80. The number of aryl methyl sites for hydroxylation is 1. The summed E-state index contributed by atoms with van der Waals surface area (Å²) in [6, 6.07) is 6.86. The number of carbonyl (C=O) groups is 2. The van der Waals surface area contributed by atoms with Gasteiger partial charge in [0, 0.05) is 12.8 Å². The Labute approximate surface area is 190 Å². The summed E-state index contributed by atoms with van der Waals surface area (Å²) in [5, 5.41) is 0.386. The molecule has 9 heteroatoms. The van der Waals surface area contributed by atoms with E-state index in [1.165, 1.54) is 18.9 Å². The molecule has 8 nitrogen and oxygen atoms in total. The van der Waals surface area contributed by atoms with Crippen LogP contribution in [-0.2, 0) is 9.47 Å². The van der Waals surface area contributed by atoms with Crippen LogP contribution in [0.2, 0.25) is 0 Å². The molecule has 2 unspecified atom stereocenters. The van der Waals surface area contributed by atoms with Crippen LogP contribution in [0.1, 0.15) is 52.0 Å². The van der Waals surface area contributed by atoms with Crippen molar-refractivity contribution in [2.24, 2.45) is 0 Å². The average molecular weight is 458 g/mol. The Morgan fingerprint density at radius 2 is 1.88 bits per heavy atom. The summed E-state index contributed by atoms with van der Waals surface area (Å²) in [5.74, 6) is -0.687. The zero-order valence-corrected chi connectivity index (χ0v) is 19.8. The fourth-order valence-electron chi connectivity index (χ4n) is 3.73. The lowest BCUT2D eigenvalue weighted by atomic mass is 10.1. The number of fused-ring (bicyclic) bond motifs is 1. The van der Waals surface area contributed by atoms with E-state index in [0.29, 0.717) is 45.2 Å². The third-order valence-corrected chi connectivity index (χ3v) is 6.42. The number of ether oxygens (including phenoxy) is 2. The lowest BCUT2D eigenvalue weighted by Gasteiger charge is -2.20. The predicted molar refractivity (Wildman–Crippen MR) is 124 cm³/mol. The number of rotatable bonds is 8. The quantitative estimate of drug-likeness (QED) is 0.238. The molecule has 2 aromatic heterocycles. The molecule has 0 fully saturated rings. The van der Waals surface area contributed by atoms with Gasteiger partial charge in [-0.05, 0) is 45.4 Å². The van der Waals surface area contributed by atoms with Crippen molar-refractivity contribution >= 4 is 34.4 Å². The molecule has 0 radical (unpaired) electrons. The molecule has 0 aliphatic carbocycles. The first-order chi connectivity index (χ1) is 15.2. The highest BCUT2D eigenvalue weighted by Gasteiger charge is 2.28. The molecular formula is C23H27N3O5S. The number of benzene rings is 1. The number of thioether (sulfide) groups is 1. The van der Waals surface area contributed by atoms with Gasteiger partial charge in [-0.2, -0.15) is 0 Å². The minimum Gasteiger partial charge on any atom is -0.465 e. The van der Waals surface area contributed by atoms with Crippen LogP contribution < -0.4 is 5.56 Å². The molecule has 0 saturated carbocycles. The molecule has 1 N–H and O–H groups in total. The van der Waals surface area contributed by atoms with Crippen LogP contribution >= 0.6 is 11.8 Å². The highest BCUT2D eigenvalue weighted by molar-refractivity contribution is 8.00. The molecule has 0 amide bonds. The van der Waals surface area contributed by atoms with Gasteiger partial charge in [0.25, 0.3) is 5.56 Å². The number of esters is 1. The van der Waals surface area contributed by atoms with E-state index >= 15 is 0 Å². The van der Waals surface area contributed by atoms with Crippen molar-refractivity contribution in [3.8, 4) is 0 Å². The van der Waals surface area contributed by atoms with Crippen LogP contribution in [0.5, 0.6) is 0 Å². The van der Waals surface area contributed by atoms with Gasteiger partial charge in [-0.25, -0.2) is 9.78 Å². The van der Waals surface area contributed by atoms with Gasteiger partial charge in [0.15, 0.2) is 10.9 Å². The van der Waals surface area contributed by atoms with Crippen LogP contribution in [0.25, 0.3) is 10.9 Å². The van der Waals surface area contributed by atoms with E-state index in [9.17, 15) is 14.4 Å². The number of aromatic amines is 1. The highest BCUT2D eigenvalue weighted by Crippen LogP contribution is 2.29. The summed E-state index contributed by atoms with van der Waals surface area (Å²) in [4.78, 5) is 46.2. The van der Waals surface area contributed by atoms with Crippen LogP contribution in [0, 0.1) is 13.8 Å². The second-order valence-corrected chi connectivity index (χ2v) is 8.94. The second kappa shape index (κ2) is 9.70. The number of para-hydroxylation sites is 1. The Morgan fingerprint density at radius 1 is 1.19 bits per heavy atom. The number of methoxy groups -OCH3 is 2. The predicted octanol–water partition coefficient (Wildman–Crippen LogP) is 3.70. The first-order valence-corrected chi connectivity index (χ1v) is 11.1. The number of Topliss-reactive ketones (excluding diaryl/α,β-unsaturated/α-hetero) is 1. The van der Waals surface area contributed by atoms with Gasteiger partial charge in [-0.3, -0.25) is 14.2 Å². The molecule has 0 aliphatic heterocycles. The number of nitrogens with zero attached hydrogens (tertiary/aromatic N) is 2. The molecule has 0 aliphatic rings. The third-order valence-electron chi connectivity index (χ3n) is 5.35. The van der Waals surface area contributed by atoms with Crippen molar-refractivity contribution in [1.29, 1.82) is 0 Å². The normalized spacial score (nSPS) is 13.2.